The van der Waals surface area contributed by atoms with Gasteiger partial charge in [0.2, 0.25) is 5.91 Å². The number of hydrogen-bond acceptors (Lipinski definition) is 6. The van der Waals surface area contributed by atoms with Gasteiger partial charge >= 0.3 is 0 Å². The summed E-state index contributed by atoms with van der Waals surface area (Å²) in [7, 11) is 1.80. The van der Waals surface area contributed by atoms with Crippen molar-refractivity contribution in [3.05, 3.63) is 0 Å². The van der Waals surface area contributed by atoms with Gasteiger partial charge in [-0.15, -0.1) is 0 Å². The van der Waals surface area contributed by atoms with Crippen LogP contribution in [-0.2, 0) is 14.4 Å². The number of hydrogen-bond donors (Lipinski definition) is 3. The zero-order chi connectivity index (χ0) is 19.1. The first kappa shape index (κ1) is 24.1. The van der Waals surface area contributed by atoms with E-state index in [0.29, 0.717) is 31.6 Å². The minimum atomic E-state index is -0.415. The number of thioether (sulfide) groups is 1. The zero-order valence-corrected chi connectivity index (χ0v) is 16.8. The monoisotopic (exact) mass is 373 g/mol. The second kappa shape index (κ2) is 15.3. The van der Waals surface area contributed by atoms with E-state index < -0.39 is 6.04 Å². The molecule has 0 saturated carbocycles. The molecule has 0 rings (SSSR count). The SMILES string of the molecule is CCC(=O)C(CCSCC(NC)C(=O)CCCCCCN)NC(C)=O. The van der Waals surface area contributed by atoms with E-state index in [9.17, 15) is 14.4 Å². The fraction of sp³-hybridized carbons (Fsp3) is 0.833. The smallest absolute Gasteiger partial charge is 0.217 e. The molecule has 0 aliphatic rings. The Hall–Kier alpha value is -0.920. The number of nitrogens with two attached hydrogens (primary N) is 1. The molecular weight excluding hydrogens is 338 g/mol. The lowest BCUT2D eigenvalue weighted by atomic mass is 10.1. The number of rotatable bonds is 16. The maximum absolute atomic E-state index is 12.2. The summed E-state index contributed by atoms with van der Waals surface area (Å²) < 4.78 is 0. The highest BCUT2D eigenvalue weighted by Gasteiger charge is 2.19. The lowest BCUT2D eigenvalue weighted by Crippen LogP contribution is -2.40. The third-order valence-electron chi connectivity index (χ3n) is 4.06. The molecule has 0 spiro atoms. The van der Waals surface area contributed by atoms with Gasteiger partial charge in [-0.1, -0.05) is 19.8 Å². The van der Waals surface area contributed by atoms with Gasteiger partial charge in [-0.2, -0.15) is 11.8 Å². The number of nitrogens with one attached hydrogen (secondary N) is 2. The van der Waals surface area contributed by atoms with E-state index in [1.54, 1.807) is 25.7 Å². The molecule has 0 radical (unpaired) electrons. The molecule has 25 heavy (non-hydrogen) atoms. The van der Waals surface area contributed by atoms with Crippen LogP contribution in [0.3, 0.4) is 0 Å². The van der Waals surface area contributed by atoms with Crippen molar-refractivity contribution in [1.82, 2.24) is 10.6 Å². The highest BCUT2D eigenvalue weighted by Crippen LogP contribution is 2.12. The molecule has 0 aliphatic carbocycles. The second-order valence-electron chi connectivity index (χ2n) is 6.20. The number of amides is 1. The molecule has 2 atom stereocenters. The Balaban J connectivity index is 4.09. The molecule has 0 aliphatic heterocycles. The summed E-state index contributed by atoms with van der Waals surface area (Å²) in [4.78, 5) is 35.2. The van der Waals surface area contributed by atoms with E-state index in [1.165, 1.54) is 6.92 Å². The van der Waals surface area contributed by atoms with Gasteiger partial charge in [0, 0.05) is 25.5 Å². The van der Waals surface area contributed by atoms with E-state index in [2.05, 4.69) is 10.6 Å². The summed E-state index contributed by atoms with van der Waals surface area (Å²) >= 11 is 1.64. The minimum Gasteiger partial charge on any atom is -0.347 e. The molecule has 146 valence electrons. The topological polar surface area (TPSA) is 101 Å². The standard InChI is InChI=1S/C18H35N3O3S/c1-4-17(23)15(21-14(2)22)10-12-25-13-16(20-3)18(24)9-7-5-6-8-11-19/h15-16,20H,4-13,19H2,1-3H3,(H,21,22). The van der Waals surface area contributed by atoms with Crippen LogP contribution >= 0.6 is 11.8 Å². The molecule has 7 heteroatoms. The molecule has 0 bridgehead atoms. The van der Waals surface area contributed by atoms with Crippen molar-refractivity contribution in [2.45, 2.75) is 70.9 Å². The first-order chi connectivity index (χ1) is 12.0. The predicted molar refractivity (Wildman–Crippen MR) is 105 cm³/mol. The Labute approximate surface area is 156 Å². The first-order valence-electron chi connectivity index (χ1n) is 9.23. The maximum Gasteiger partial charge on any atom is 0.217 e. The predicted octanol–water partition coefficient (Wildman–Crippen LogP) is 1.66. The van der Waals surface area contributed by atoms with Crippen LogP contribution in [0.1, 0.15) is 58.8 Å². The summed E-state index contributed by atoms with van der Waals surface area (Å²) in [5.41, 5.74) is 5.46. The summed E-state index contributed by atoms with van der Waals surface area (Å²) in [6, 6.07) is -0.568. The number of Topliss-reactive ketones (excluding diaryl/α,β-unsaturated/α-hetero) is 2. The fourth-order valence-electron chi connectivity index (χ4n) is 2.52. The molecule has 2 unspecified atom stereocenters. The van der Waals surface area contributed by atoms with E-state index in [-0.39, 0.29) is 23.5 Å². The Kier molecular flexibility index (Phi) is 14.8. The summed E-state index contributed by atoms with van der Waals surface area (Å²) in [5, 5.41) is 5.79. The quantitative estimate of drug-likeness (QED) is 0.356. The molecule has 0 heterocycles. The van der Waals surface area contributed by atoms with Crippen LogP contribution in [0.4, 0.5) is 0 Å². The number of carbonyl (C=O) groups is 3. The molecule has 0 fully saturated rings. The van der Waals surface area contributed by atoms with Gasteiger partial charge in [-0.05, 0) is 38.6 Å². The number of carbonyl (C=O) groups excluding carboxylic acids is 3. The Morgan fingerprint density at radius 3 is 2.28 bits per heavy atom. The second-order valence-corrected chi connectivity index (χ2v) is 7.35. The molecule has 6 nitrogen and oxygen atoms in total. The average molecular weight is 374 g/mol. The van der Waals surface area contributed by atoms with E-state index in [4.69, 9.17) is 5.73 Å². The summed E-state index contributed by atoms with van der Waals surface area (Å²) in [6.45, 7) is 3.93. The van der Waals surface area contributed by atoms with Crippen LogP contribution in [0.15, 0.2) is 0 Å². The summed E-state index contributed by atoms with van der Waals surface area (Å²) in [5.74, 6) is 1.53. The Morgan fingerprint density at radius 1 is 1.04 bits per heavy atom. The van der Waals surface area contributed by atoms with Crippen molar-refractivity contribution in [3.63, 3.8) is 0 Å². The van der Waals surface area contributed by atoms with Crippen LogP contribution < -0.4 is 16.4 Å². The molecule has 4 N–H and O–H groups in total. The van der Waals surface area contributed by atoms with Gasteiger partial charge in [0.1, 0.15) is 0 Å². The maximum atomic E-state index is 12.2. The van der Waals surface area contributed by atoms with Crippen molar-refractivity contribution in [3.8, 4) is 0 Å². The van der Waals surface area contributed by atoms with Gasteiger partial charge in [0.15, 0.2) is 11.6 Å². The van der Waals surface area contributed by atoms with Crippen molar-refractivity contribution in [1.29, 1.82) is 0 Å². The third-order valence-corrected chi connectivity index (χ3v) is 5.16. The Morgan fingerprint density at radius 2 is 1.72 bits per heavy atom. The van der Waals surface area contributed by atoms with Crippen LogP contribution in [0.5, 0.6) is 0 Å². The van der Waals surface area contributed by atoms with Crippen molar-refractivity contribution < 1.29 is 14.4 Å². The van der Waals surface area contributed by atoms with E-state index in [1.807, 2.05) is 0 Å². The highest BCUT2D eigenvalue weighted by atomic mass is 32.2. The number of likely N-dealkylation sites (N-methyl/N-ethyl adjacent to an activating group) is 1. The minimum absolute atomic E-state index is 0.0505. The molecular formula is C18H35N3O3S. The number of unbranched alkanes of at least 4 members (excludes halogenated alkanes) is 3. The van der Waals surface area contributed by atoms with Crippen molar-refractivity contribution in [2.24, 2.45) is 5.73 Å². The zero-order valence-electron chi connectivity index (χ0n) is 15.9. The van der Waals surface area contributed by atoms with Crippen LogP contribution in [0.25, 0.3) is 0 Å². The normalized spacial score (nSPS) is 13.3. The van der Waals surface area contributed by atoms with Gasteiger partial charge in [-0.25, -0.2) is 0 Å². The van der Waals surface area contributed by atoms with Crippen LogP contribution in [-0.4, -0.2) is 54.7 Å². The van der Waals surface area contributed by atoms with Crippen molar-refractivity contribution in [2.75, 3.05) is 25.1 Å². The van der Waals surface area contributed by atoms with Crippen molar-refractivity contribution >= 4 is 29.2 Å². The molecule has 0 aromatic carbocycles. The van der Waals surface area contributed by atoms with Gasteiger partial charge in [0.05, 0.1) is 12.1 Å². The number of ketones is 2. The van der Waals surface area contributed by atoms with Gasteiger partial charge in [-0.3, -0.25) is 14.4 Å². The van der Waals surface area contributed by atoms with E-state index >= 15 is 0 Å². The Bertz CT molecular complexity index is 405. The molecule has 0 saturated heterocycles. The van der Waals surface area contributed by atoms with Crippen LogP contribution in [0, 0.1) is 0 Å². The fourth-order valence-corrected chi connectivity index (χ4v) is 3.67. The molecule has 1 amide bonds. The van der Waals surface area contributed by atoms with Gasteiger partial charge < -0.3 is 16.4 Å². The lowest BCUT2D eigenvalue weighted by molar-refractivity contribution is -0.126. The lowest BCUT2D eigenvalue weighted by Gasteiger charge is -2.17. The largest absolute Gasteiger partial charge is 0.347 e. The van der Waals surface area contributed by atoms with Crippen LogP contribution in [0.2, 0.25) is 0 Å². The van der Waals surface area contributed by atoms with E-state index in [0.717, 1.165) is 31.4 Å². The third kappa shape index (κ3) is 12.1. The molecule has 0 aromatic rings. The van der Waals surface area contributed by atoms with Gasteiger partial charge in [0.25, 0.3) is 0 Å². The summed E-state index contributed by atoms with van der Waals surface area (Å²) in [6.07, 6.45) is 5.67. The average Bonchev–Trinajstić information content (AvgIpc) is 2.59. The first-order valence-corrected chi connectivity index (χ1v) is 10.4. The molecule has 0 aromatic heterocycles. The highest BCUT2D eigenvalue weighted by molar-refractivity contribution is 7.99.